The maximum Gasteiger partial charge on any atom is 0.230 e. The molecule has 92 valence electrons. The van der Waals surface area contributed by atoms with Gasteiger partial charge in [-0.05, 0) is 25.3 Å². The number of carbonyl (C=O) groups is 1. The molecule has 0 unspecified atom stereocenters. The summed E-state index contributed by atoms with van der Waals surface area (Å²) in [7, 11) is 0. The minimum atomic E-state index is 0.0864. The summed E-state index contributed by atoms with van der Waals surface area (Å²) in [4.78, 5) is 16.5. The van der Waals surface area contributed by atoms with E-state index >= 15 is 0 Å². The van der Waals surface area contributed by atoms with Crippen molar-refractivity contribution >= 4 is 22.4 Å². The van der Waals surface area contributed by atoms with Gasteiger partial charge in [0.25, 0.3) is 0 Å². The molecule has 0 bridgehead atoms. The summed E-state index contributed by atoms with van der Waals surface area (Å²) in [5, 5.41) is 9.02. The minimum Gasteiger partial charge on any atom is -0.316 e. The summed E-state index contributed by atoms with van der Waals surface area (Å²) < 4.78 is 0. The second-order valence-corrected chi connectivity index (χ2v) is 5.94. The number of hydrogen-bond acceptors (Lipinski definition) is 4. The first-order chi connectivity index (χ1) is 8.24. The molecule has 0 spiro atoms. The Kier molecular flexibility index (Phi) is 2.88. The fraction of sp³-hybridized carbons (Fsp3) is 0.667. The van der Waals surface area contributed by atoms with Crippen LogP contribution < -0.4 is 10.6 Å². The third-order valence-electron chi connectivity index (χ3n) is 3.60. The lowest BCUT2D eigenvalue weighted by molar-refractivity contribution is -0.120. The number of nitrogens with zero attached hydrogens (tertiary/aromatic N) is 1. The third kappa shape index (κ3) is 2.35. The third-order valence-corrected chi connectivity index (χ3v) is 4.38. The molecular formula is C12H17N3OS. The molecule has 1 amide bonds. The molecule has 1 saturated heterocycles. The van der Waals surface area contributed by atoms with Crippen molar-refractivity contribution in [3.05, 3.63) is 11.1 Å². The van der Waals surface area contributed by atoms with E-state index in [0.717, 1.165) is 23.9 Å². The number of aromatic nitrogens is 1. The highest BCUT2D eigenvalue weighted by atomic mass is 32.1. The quantitative estimate of drug-likeness (QED) is 0.861. The molecule has 5 heteroatoms. The SMILES string of the molecule is C[C@@H]1CNC[C@H]1C(=O)Nc1nc(C2CC2)cs1. The standard InChI is InChI=1S/C12H17N3OS/c1-7-4-13-5-9(7)11(16)15-12-14-10(6-17-12)8-2-3-8/h6-9,13H,2-5H2,1H3,(H,14,15,16)/t7-,9-/m1/s1. The Balaban J connectivity index is 1.63. The maximum absolute atomic E-state index is 12.0. The van der Waals surface area contributed by atoms with Gasteiger partial charge in [0.2, 0.25) is 5.91 Å². The van der Waals surface area contributed by atoms with Gasteiger partial charge in [-0.25, -0.2) is 4.98 Å². The Bertz CT molecular complexity index is 427. The first-order valence-corrected chi connectivity index (χ1v) is 7.09. The number of carbonyl (C=O) groups excluding carboxylic acids is 1. The zero-order valence-electron chi connectivity index (χ0n) is 9.90. The van der Waals surface area contributed by atoms with Crippen LogP contribution in [0.2, 0.25) is 0 Å². The molecule has 4 nitrogen and oxygen atoms in total. The van der Waals surface area contributed by atoms with Gasteiger partial charge in [-0.2, -0.15) is 0 Å². The highest BCUT2D eigenvalue weighted by molar-refractivity contribution is 7.13. The Morgan fingerprint density at radius 3 is 3.00 bits per heavy atom. The zero-order chi connectivity index (χ0) is 11.8. The molecule has 0 aromatic carbocycles. The van der Waals surface area contributed by atoms with Gasteiger partial charge in [0.05, 0.1) is 11.6 Å². The van der Waals surface area contributed by atoms with Crippen LogP contribution in [0.4, 0.5) is 5.13 Å². The summed E-state index contributed by atoms with van der Waals surface area (Å²) in [6.07, 6.45) is 2.50. The fourth-order valence-electron chi connectivity index (χ4n) is 2.27. The second kappa shape index (κ2) is 4.38. The first-order valence-electron chi connectivity index (χ1n) is 6.21. The predicted octanol–water partition coefficient (Wildman–Crippen LogP) is 1.81. The summed E-state index contributed by atoms with van der Waals surface area (Å²) in [5.74, 6) is 1.27. The van der Waals surface area contributed by atoms with Gasteiger partial charge in [-0.15, -0.1) is 11.3 Å². The minimum absolute atomic E-state index is 0.0864. The average Bonchev–Trinajstić information content (AvgIpc) is 2.90. The molecule has 1 aromatic heterocycles. The largest absolute Gasteiger partial charge is 0.316 e. The van der Waals surface area contributed by atoms with Crippen molar-refractivity contribution < 1.29 is 4.79 Å². The summed E-state index contributed by atoms with van der Waals surface area (Å²) in [6, 6.07) is 0. The van der Waals surface area contributed by atoms with Gasteiger partial charge in [0.1, 0.15) is 0 Å². The Labute approximate surface area is 105 Å². The molecule has 2 fully saturated rings. The van der Waals surface area contributed by atoms with Crippen LogP contribution in [0, 0.1) is 11.8 Å². The molecule has 1 aromatic rings. The highest BCUT2D eigenvalue weighted by Crippen LogP contribution is 2.40. The monoisotopic (exact) mass is 251 g/mol. The summed E-state index contributed by atoms with van der Waals surface area (Å²) in [6.45, 7) is 3.83. The molecule has 17 heavy (non-hydrogen) atoms. The Morgan fingerprint density at radius 2 is 2.35 bits per heavy atom. The molecule has 1 aliphatic heterocycles. The van der Waals surface area contributed by atoms with Gasteiger partial charge in [-0.3, -0.25) is 4.79 Å². The molecular weight excluding hydrogens is 234 g/mol. The van der Waals surface area contributed by atoms with E-state index in [0.29, 0.717) is 11.8 Å². The fourth-order valence-corrected chi connectivity index (χ4v) is 3.06. The van der Waals surface area contributed by atoms with Crippen molar-refractivity contribution in [2.75, 3.05) is 18.4 Å². The van der Waals surface area contributed by atoms with Crippen LogP contribution in [0.1, 0.15) is 31.4 Å². The predicted molar refractivity (Wildman–Crippen MR) is 68.2 cm³/mol. The van der Waals surface area contributed by atoms with Crippen LogP contribution in [0.25, 0.3) is 0 Å². The van der Waals surface area contributed by atoms with E-state index < -0.39 is 0 Å². The Morgan fingerprint density at radius 1 is 1.53 bits per heavy atom. The van der Waals surface area contributed by atoms with Crippen LogP contribution in [-0.2, 0) is 4.79 Å². The van der Waals surface area contributed by atoms with Crippen molar-refractivity contribution in [2.45, 2.75) is 25.7 Å². The van der Waals surface area contributed by atoms with Crippen LogP contribution >= 0.6 is 11.3 Å². The average molecular weight is 251 g/mol. The number of anilines is 1. The first kappa shape index (κ1) is 11.2. The maximum atomic E-state index is 12.0. The lowest BCUT2D eigenvalue weighted by Crippen LogP contribution is -2.27. The molecule has 0 radical (unpaired) electrons. The van der Waals surface area contributed by atoms with Crippen LogP contribution in [0.5, 0.6) is 0 Å². The van der Waals surface area contributed by atoms with E-state index in [1.807, 2.05) is 0 Å². The van der Waals surface area contributed by atoms with Gasteiger partial charge in [0, 0.05) is 17.8 Å². The highest BCUT2D eigenvalue weighted by Gasteiger charge is 2.30. The Hall–Kier alpha value is -0.940. The zero-order valence-corrected chi connectivity index (χ0v) is 10.7. The van der Waals surface area contributed by atoms with Crippen LogP contribution in [-0.4, -0.2) is 24.0 Å². The van der Waals surface area contributed by atoms with Crippen LogP contribution in [0.3, 0.4) is 0 Å². The van der Waals surface area contributed by atoms with E-state index in [4.69, 9.17) is 0 Å². The van der Waals surface area contributed by atoms with E-state index in [1.54, 1.807) is 11.3 Å². The van der Waals surface area contributed by atoms with Crippen molar-refractivity contribution in [3.63, 3.8) is 0 Å². The number of rotatable bonds is 3. The number of hydrogen-bond donors (Lipinski definition) is 2. The van der Waals surface area contributed by atoms with E-state index in [9.17, 15) is 4.79 Å². The van der Waals surface area contributed by atoms with Crippen molar-refractivity contribution in [1.29, 1.82) is 0 Å². The number of amides is 1. The second-order valence-electron chi connectivity index (χ2n) is 5.08. The molecule has 2 heterocycles. The lowest BCUT2D eigenvalue weighted by atomic mass is 9.97. The van der Waals surface area contributed by atoms with Crippen molar-refractivity contribution in [2.24, 2.45) is 11.8 Å². The summed E-state index contributed by atoms with van der Waals surface area (Å²) >= 11 is 1.54. The van der Waals surface area contributed by atoms with Gasteiger partial charge in [-0.1, -0.05) is 6.92 Å². The number of nitrogens with one attached hydrogen (secondary N) is 2. The number of thiazole rings is 1. The van der Waals surface area contributed by atoms with Gasteiger partial charge in [0.15, 0.2) is 5.13 Å². The molecule has 2 N–H and O–H groups in total. The topological polar surface area (TPSA) is 54.0 Å². The molecule has 1 saturated carbocycles. The molecule has 1 aliphatic carbocycles. The molecule has 2 aliphatic rings. The van der Waals surface area contributed by atoms with Crippen LogP contribution in [0.15, 0.2) is 5.38 Å². The van der Waals surface area contributed by atoms with Gasteiger partial charge >= 0.3 is 0 Å². The molecule has 2 atom stereocenters. The van der Waals surface area contributed by atoms with E-state index in [-0.39, 0.29) is 11.8 Å². The normalized spacial score (nSPS) is 28.3. The van der Waals surface area contributed by atoms with Crippen molar-refractivity contribution in [1.82, 2.24) is 10.3 Å². The van der Waals surface area contributed by atoms with E-state index in [1.165, 1.54) is 12.8 Å². The lowest BCUT2D eigenvalue weighted by Gasteiger charge is -2.12. The van der Waals surface area contributed by atoms with Gasteiger partial charge < -0.3 is 10.6 Å². The molecule has 3 rings (SSSR count). The van der Waals surface area contributed by atoms with E-state index in [2.05, 4.69) is 27.9 Å². The summed E-state index contributed by atoms with van der Waals surface area (Å²) in [5.41, 5.74) is 1.16. The van der Waals surface area contributed by atoms with Crippen molar-refractivity contribution in [3.8, 4) is 0 Å². The smallest absolute Gasteiger partial charge is 0.230 e.